The molecule has 2 fully saturated rings. The lowest BCUT2D eigenvalue weighted by molar-refractivity contribution is -0.0884. The summed E-state index contributed by atoms with van der Waals surface area (Å²) in [5, 5.41) is 9.89. The van der Waals surface area contributed by atoms with Gasteiger partial charge in [0, 0.05) is 16.1 Å². The van der Waals surface area contributed by atoms with Crippen LogP contribution in [0, 0.1) is 5.92 Å². The van der Waals surface area contributed by atoms with E-state index >= 15 is 0 Å². The van der Waals surface area contributed by atoms with Crippen molar-refractivity contribution in [2.45, 2.75) is 80.8 Å². The Balaban J connectivity index is 1.54. The van der Waals surface area contributed by atoms with E-state index in [1.165, 1.54) is 62.7 Å². The van der Waals surface area contributed by atoms with Crippen molar-refractivity contribution in [3.05, 3.63) is 29.8 Å². The van der Waals surface area contributed by atoms with Gasteiger partial charge in [-0.3, -0.25) is 0 Å². The Morgan fingerprint density at radius 1 is 0.840 bits per heavy atom. The van der Waals surface area contributed by atoms with Crippen LogP contribution in [0.4, 0.5) is 0 Å². The molecule has 4 heteroatoms. The number of hydrogen-bond acceptors (Lipinski definition) is 4. The van der Waals surface area contributed by atoms with Crippen LogP contribution in [0.3, 0.4) is 0 Å². The van der Waals surface area contributed by atoms with Gasteiger partial charge in [-0.15, -0.1) is 11.8 Å². The summed E-state index contributed by atoms with van der Waals surface area (Å²) < 4.78 is 11.6. The number of rotatable bonds is 4. The number of aliphatic hydroxyl groups excluding tert-OH is 1. The Labute approximate surface area is 156 Å². The highest BCUT2D eigenvalue weighted by atomic mass is 32.2. The quantitative estimate of drug-likeness (QED) is 0.801. The van der Waals surface area contributed by atoms with Gasteiger partial charge in [-0.2, -0.15) is 0 Å². The van der Waals surface area contributed by atoms with E-state index < -0.39 is 0 Å². The van der Waals surface area contributed by atoms with Crippen molar-refractivity contribution in [2.75, 3.05) is 13.2 Å². The zero-order chi connectivity index (χ0) is 17.3. The smallest absolute Gasteiger partial charge is 0.160 e. The molecule has 3 nitrogen and oxygen atoms in total. The van der Waals surface area contributed by atoms with Crippen LogP contribution in [0.2, 0.25) is 0 Å². The van der Waals surface area contributed by atoms with E-state index in [1.54, 1.807) is 0 Å². The summed E-state index contributed by atoms with van der Waals surface area (Å²) >= 11 is 2.02. The van der Waals surface area contributed by atoms with Crippen LogP contribution < -0.4 is 0 Å². The molecule has 3 rings (SSSR count). The highest BCUT2D eigenvalue weighted by Crippen LogP contribution is 2.34. The van der Waals surface area contributed by atoms with Crippen LogP contribution >= 0.6 is 11.8 Å². The number of aliphatic hydroxyl groups is 1. The summed E-state index contributed by atoms with van der Waals surface area (Å²) in [5.41, 5.74) is 0.992. The average Bonchev–Trinajstić information content (AvgIpc) is 3.16. The van der Waals surface area contributed by atoms with Crippen LogP contribution in [0.25, 0.3) is 0 Å². The minimum Gasteiger partial charge on any atom is -0.392 e. The van der Waals surface area contributed by atoms with Gasteiger partial charge in [-0.05, 0) is 43.4 Å². The molecular weight excluding hydrogens is 332 g/mol. The van der Waals surface area contributed by atoms with Crippen molar-refractivity contribution in [3.8, 4) is 0 Å². The third-order valence-electron chi connectivity index (χ3n) is 5.39. The van der Waals surface area contributed by atoms with Crippen molar-refractivity contribution >= 4 is 11.8 Å². The molecule has 0 aromatic heterocycles. The lowest BCUT2D eigenvalue weighted by Gasteiger charge is -2.23. The van der Waals surface area contributed by atoms with Crippen LogP contribution in [0.5, 0.6) is 0 Å². The largest absolute Gasteiger partial charge is 0.392 e. The van der Waals surface area contributed by atoms with Gasteiger partial charge >= 0.3 is 0 Å². The summed E-state index contributed by atoms with van der Waals surface area (Å²) in [7, 11) is 0. The molecule has 25 heavy (non-hydrogen) atoms. The first kappa shape index (κ1) is 19.2. The minimum atomic E-state index is 0.0536. The normalized spacial score (nSPS) is 27.1. The zero-order valence-corrected chi connectivity index (χ0v) is 16.0. The molecule has 140 valence electrons. The third kappa shape index (κ3) is 6.28. The molecule has 0 radical (unpaired) electrons. The fourth-order valence-electron chi connectivity index (χ4n) is 3.93. The van der Waals surface area contributed by atoms with Gasteiger partial charge in [0.15, 0.2) is 6.29 Å². The Bertz CT molecular complexity index is 484. The minimum absolute atomic E-state index is 0.0536. The monoisotopic (exact) mass is 364 g/mol. The second-order valence-electron chi connectivity index (χ2n) is 7.33. The Morgan fingerprint density at radius 2 is 1.48 bits per heavy atom. The lowest BCUT2D eigenvalue weighted by atomic mass is 9.95. The fraction of sp³-hybridized carbons (Fsp3) is 0.714. The predicted octanol–water partition coefficient (Wildman–Crippen LogP) is 5.15. The molecule has 0 amide bonds. The molecule has 1 N–H and O–H groups in total. The molecule has 1 aliphatic carbocycles. The summed E-state index contributed by atoms with van der Waals surface area (Å²) in [4.78, 5) is 1.33. The Kier molecular flexibility index (Phi) is 8.12. The molecular formula is C21H32O3S. The standard InChI is InChI=1S/C21H32O3S/c22-16-17-10-12-20(13-11-17)25-19-8-4-2-1-3-6-18(7-5-9-19)21-23-14-15-24-21/h10-13,18-19,21-22H,1-9,14-16H2. The third-order valence-corrected chi connectivity index (χ3v) is 6.74. The van der Waals surface area contributed by atoms with Gasteiger partial charge in [-0.25, -0.2) is 0 Å². The summed E-state index contributed by atoms with van der Waals surface area (Å²) in [5.74, 6) is 0.579. The SMILES string of the molecule is OCc1ccc(SC2CCCCCCC(C3OCCO3)CCC2)cc1. The van der Waals surface area contributed by atoms with E-state index in [4.69, 9.17) is 9.47 Å². The maximum Gasteiger partial charge on any atom is 0.160 e. The summed E-state index contributed by atoms with van der Waals surface area (Å²) in [6.45, 7) is 1.66. The van der Waals surface area contributed by atoms with Gasteiger partial charge in [0.2, 0.25) is 0 Å². The van der Waals surface area contributed by atoms with E-state index in [1.807, 2.05) is 23.9 Å². The average molecular weight is 365 g/mol. The van der Waals surface area contributed by atoms with Crippen molar-refractivity contribution in [3.63, 3.8) is 0 Å². The van der Waals surface area contributed by atoms with Gasteiger partial charge < -0.3 is 14.6 Å². The molecule has 1 saturated carbocycles. The molecule has 0 bridgehead atoms. The second-order valence-corrected chi connectivity index (χ2v) is 8.71. The lowest BCUT2D eigenvalue weighted by Crippen LogP contribution is -2.21. The van der Waals surface area contributed by atoms with Gasteiger partial charge in [0.05, 0.1) is 19.8 Å². The van der Waals surface area contributed by atoms with Crippen LogP contribution in [0.15, 0.2) is 29.2 Å². The van der Waals surface area contributed by atoms with Gasteiger partial charge in [0.25, 0.3) is 0 Å². The summed E-state index contributed by atoms with van der Waals surface area (Å²) in [6.07, 6.45) is 11.7. The number of hydrogen-bond donors (Lipinski definition) is 1. The molecule has 0 spiro atoms. The molecule has 2 aliphatic rings. The zero-order valence-electron chi connectivity index (χ0n) is 15.2. The first-order valence-corrected chi connectivity index (χ1v) is 10.8. The van der Waals surface area contributed by atoms with Crippen molar-refractivity contribution in [1.82, 2.24) is 0 Å². The van der Waals surface area contributed by atoms with Crippen LogP contribution in [0.1, 0.15) is 63.4 Å². The van der Waals surface area contributed by atoms with Gasteiger partial charge in [-0.1, -0.05) is 44.2 Å². The first-order chi connectivity index (χ1) is 12.3. The molecule has 1 heterocycles. The van der Waals surface area contributed by atoms with Crippen LogP contribution in [-0.2, 0) is 16.1 Å². The van der Waals surface area contributed by atoms with E-state index in [2.05, 4.69) is 12.1 Å². The second kappa shape index (κ2) is 10.6. The Hall–Kier alpha value is -0.550. The summed E-state index contributed by atoms with van der Waals surface area (Å²) in [6, 6.07) is 8.39. The fourth-order valence-corrected chi connectivity index (χ4v) is 5.18. The topological polar surface area (TPSA) is 38.7 Å². The van der Waals surface area contributed by atoms with Gasteiger partial charge in [0.1, 0.15) is 0 Å². The van der Waals surface area contributed by atoms with E-state index in [0.29, 0.717) is 11.2 Å². The molecule has 1 aromatic rings. The molecule has 1 saturated heterocycles. The number of ether oxygens (including phenoxy) is 2. The van der Waals surface area contributed by atoms with E-state index in [0.717, 1.165) is 18.8 Å². The molecule has 2 unspecified atom stereocenters. The first-order valence-electron chi connectivity index (χ1n) is 9.95. The highest BCUT2D eigenvalue weighted by molar-refractivity contribution is 8.00. The van der Waals surface area contributed by atoms with Crippen molar-refractivity contribution in [2.24, 2.45) is 5.92 Å². The van der Waals surface area contributed by atoms with Crippen molar-refractivity contribution in [1.29, 1.82) is 0 Å². The van der Waals surface area contributed by atoms with Crippen molar-refractivity contribution < 1.29 is 14.6 Å². The maximum absolute atomic E-state index is 9.19. The molecule has 1 aromatic carbocycles. The maximum atomic E-state index is 9.19. The van der Waals surface area contributed by atoms with Crippen LogP contribution in [-0.4, -0.2) is 29.9 Å². The number of thioether (sulfide) groups is 1. The Morgan fingerprint density at radius 3 is 2.20 bits per heavy atom. The molecule has 2 atom stereocenters. The molecule has 1 aliphatic heterocycles. The number of benzene rings is 1. The van der Waals surface area contributed by atoms with E-state index in [-0.39, 0.29) is 12.9 Å². The highest BCUT2D eigenvalue weighted by Gasteiger charge is 2.26. The predicted molar refractivity (Wildman–Crippen MR) is 103 cm³/mol. The van der Waals surface area contributed by atoms with E-state index in [9.17, 15) is 5.11 Å².